The molecule has 0 aliphatic rings. The Morgan fingerprint density at radius 2 is 1.82 bits per heavy atom. The molecule has 0 saturated carbocycles. The SMILES string of the molecule is CNc1ccccc1/C=C/c1cc(=O)oc2ccc(O)cc12. The van der Waals surface area contributed by atoms with Gasteiger partial charge >= 0.3 is 5.63 Å². The zero-order chi connectivity index (χ0) is 15.5. The van der Waals surface area contributed by atoms with E-state index in [4.69, 9.17) is 4.42 Å². The lowest BCUT2D eigenvalue weighted by atomic mass is 10.1. The number of benzene rings is 2. The maximum absolute atomic E-state index is 11.6. The first-order chi connectivity index (χ1) is 10.7. The van der Waals surface area contributed by atoms with Crippen LogP contribution in [0.4, 0.5) is 5.69 Å². The lowest BCUT2D eigenvalue weighted by molar-refractivity contribution is 0.475. The van der Waals surface area contributed by atoms with Gasteiger partial charge in [-0.2, -0.15) is 0 Å². The van der Waals surface area contributed by atoms with E-state index in [0.717, 1.165) is 11.3 Å². The molecule has 0 spiro atoms. The smallest absolute Gasteiger partial charge is 0.336 e. The zero-order valence-corrected chi connectivity index (χ0v) is 12.0. The number of fused-ring (bicyclic) bond motifs is 1. The van der Waals surface area contributed by atoms with Crippen LogP contribution in [0.15, 0.2) is 57.7 Å². The van der Waals surface area contributed by atoms with Gasteiger partial charge in [-0.3, -0.25) is 0 Å². The molecule has 0 radical (unpaired) electrons. The molecule has 0 unspecified atom stereocenters. The average molecular weight is 293 g/mol. The Morgan fingerprint density at radius 1 is 1.05 bits per heavy atom. The highest BCUT2D eigenvalue weighted by Crippen LogP contribution is 2.24. The predicted molar refractivity (Wildman–Crippen MR) is 89.1 cm³/mol. The summed E-state index contributed by atoms with van der Waals surface area (Å²) in [6.07, 6.45) is 3.76. The normalized spacial score (nSPS) is 11.1. The van der Waals surface area contributed by atoms with Crippen molar-refractivity contribution in [2.45, 2.75) is 0 Å². The fraction of sp³-hybridized carbons (Fsp3) is 0.0556. The number of para-hydroxylation sites is 1. The number of hydrogen-bond acceptors (Lipinski definition) is 4. The van der Waals surface area contributed by atoms with Crippen LogP contribution >= 0.6 is 0 Å². The summed E-state index contributed by atoms with van der Waals surface area (Å²) in [5.74, 6) is 0.131. The molecule has 110 valence electrons. The number of anilines is 1. The third-order valence-corrected chi connectivity index (χ3v) is 3.43. The fourth-order valence-corrected chi connectivity index (χ4v) is 2.36. The minimum absolute atomic E-state index is 0.131. The van der Waals surface area contributed by atoms with Crippen LogP contribution in [0.2, 0.25) is 0 Å². The van der Waals surface area contributed by atoms with Crippen molar-refractivity contribution in [1.29, 1.82) is 0 Å². The van der Waals surface area contributed by atoms with Crippen molar-refractivity contribution < 1.29 is 9.52 Å². The van der Waals surface area contributed by atoms with Gasteiger partial charge in [0.1, 0.15) is 11.3 Å². The molecule has 0 amide bonds. The van der Waals surface area contributed by atoms with Crippen LogP contribution in [-0.4, -0.2) is 12.2 Å². The van der Waals surface area contributed by atoms with Crippen LogP contribution in [0.1, 0.15) is 11.1 Å². The molecule has 0 aliphatic carbocycles. The molecule has 0 saturated heterocycles. The molecule has 1 aromatic heterocycles. The number of aromatic hydroxyl groups is 1. The van der Waals surface area contributed by atoms with E-state index in [-0.39, 0.29) is 5.75 Å². The summed E-state index contributed by atoms with van der Waals surface area (Å²) in [6, 6.07) is 13.9. The topological polar surface area (TPSA) is 62.5 Å². The van der Waals surface area contributed by atoms with Gasteiger partial charge in [-0.1, -0.05) is 30.4 Å². The van der Waals surface area contributed by atoms with Crippen molar-refractivity contribution in [2.75, 3.05) is 12.4 Å². The molecule has 3 aromatic rings. The summed E-state index contributed by atoms with van der Waals surface area (Å²) in [5.41, 5.74) is 2.74. The molecule has 0 fully saturated rings. The fourth-order valence-electron chi connectivity index (χ4n) is 2.36. The van der Waals surface area contributed by atoms with Crippen molar-refractivity contribution in [2.24, 2.45) is 0 Å². The predicted octanol–water partition coefficient (Wildman–Crippen LogP) is 3.71. The summed E-state index contributed by atoms with van der Waals surface area (Å²) >= 11 is 0. The summed E-state index contributed by atoms with van der Waals surface area (Å²) < 4.78 is 5.14. The van der Waals surface area contributed by atoms with Gasteiger partial charge in [0.25, 0.3) is 0 Å². The van der Waals surface area contributed by atoms with E-state index in [0.29, 0.717) is 16.5 Å². The third kappa shape index (κ3) is 2.72. The van der Waals surface area contributed by atoms with Gasteiger partial charge in [-0.25, -0.2) is 4.79 Å². The van der Waals surface area contributed by atoms with Crippen molar-refractivity contribution in [3.05, 3.63) is 70.1 Å². The van der Waals surface area contributed by atoms with Crippen LogP contribution in [0, 0.1) is 0 Å². The van der Waals surface area contributed by atoms with Crippen molar-refractivity contribution in [3.8, 4) is 5.75 Å². The molecular weight excluding hydrogens is 278 g/mol. The van der Waals surface area contributed by atoms with Crippen molar-refractivity contribution in [3.63, 3.8) is 0 Å². The Labute approximate surface area is 127 Å². The van der Waals surface area contributed by atoms with Gasteiger partial charge in [0.15, 0.2) is 0 Å². The van der Waals surface area contributed by atoms with Gasteiger partial charge in [0.05, 0.1) is 0 Å². The zero-order valence-electron chi connectivity index (χ0n) is 12.0. The maximum Gasteiger partial charge on any atom is 0.336 e. The number of hydrogen-bond donors (Lipinski definition) is 2. The number of nitrogens with one attached hydrogen (secondary N) is 1. The third-order valence-electron chi connectivity index (χ3n) is 3.43. The van der Waals surface area contributed by atoms with Crippen LogP contribution in [0.25, 0.3) is 23.1 Å². The summed E-state index contributed by atoms with van der Waals surface area (Å²) in [6.45, 7) is 0. The number of phenolic OH excluding ortho intramolecular Hbond substituents is 1. The molecule has 22 heavy (non-hydrogen) atoms. The minimum atomic E-state index is -0.417. The monoisotopic (exact) mass is 293 g/mol. The largest absolute Gasteiger partial charge is 0.508 e. The van der Waals surface area contributed by atoms with Gasteiger partial charge in [0.2, 0.25) is 0 Å². The Hall–Kier alpha value is -3.01. The molecule has 1 heterocycles. The second-order valence-corrected chi connectivity index (χ2v) is 4.87. The van der Waals surface area contributed by atoms with E-state index in [1.807, 2.05) is 43.5 Å². The first-order valence-corrected chi connectivity index (χ1v) is 6.89. The van der Waals surface area contributed by atoms with Gasteiger partial charge in [-0.05, 0) is 35.4 Å². The summed E-state index contributed by atoms with van der Waals surface area (Å²) in [5, 5.41) is 13.4. The Bertz CT molecular complexity index is 910. The minimum Gasteiger partial charge on any atom is -0.508 e. The maximum atomic E-state index is 11.6. The van der Waals surface area contributed by atoms with Crippen molar-refractivity contribution in [1.82, 2.24) is 0 Å². The molecule has 4 heteroatoms. The lowest BCUT2D eigenvalue weighted by Gasteiger charge is -2.05. The first kappa shape index (κ1) is 13.9. The van der Waals surface area contributed by atoms with Gasteiger partial charge in [-0.15, -0.1) is 0 Å². The highest BCUT2D eigenvalue weighted by atomic mass is 16.4. The summed E-state index contributed by atoms with van der Waals surface area (Å²) in [4.78, 5) is 11.6. The van der Waals surface area contributed by atoms with Gasteiger partial charge < -0.3 is 14.8 Å². The molecule has 3 rings (SSSR count). The Kier molecular flexibility index (Phi) is 3.66. The van der Waals surface area contributed by atoms with E-state index in [9.17, 15) is 9.90 Å². The molecular formula is C18H15NO3. The number of phenols is 1. The van der Waals surface area contributed by atoms with E-state index < -0.39 is 5.63 Å². The van der Waals surface area contributed by atoms with E-state index in [1.54, 1.807) is 12.1 Å². The molecule has 0 aliphatic heterocycles. The first-order valence-electron chi connectivity index (χ1n) is 6.89. The van der Waals surface area contributed by atoms with Crippen molar-refractivity contribution >= 4 is 28.8 Å². The molecule has 0 atom stereocenters. The molecule has 0 bridgehead atoms. The quantitative estimate of drug-likeness (QED) is 0.723. The van der Waals surface area contributed by atoms with Gasteiger partial charge in [0, 0.05) is 24.2 Å². The average Bonchev–Trinajstić information content (AvgIpc) is 2.53. The standard InChI is InChI=1S/C18H15NO3/c1-19-16-5-3-2-4-12(16)6-7-13-10-18(21)22-17-9-8-14(20)11-15(13)17/h2-11,19-20H,1H3/b7-6+. The van der Waals surface area contributed by atoms with Crippen LogP contribution in [0.5, 0.6) is 5.75 Å². The molecule has 2 aromatic carbocycles. The second-order valence-electron chi connectivity index (χ2n) is 4.87. The summed E-state index contributed by atoms with van der Waals surface area (Å²) in [7, 11) is 1.86. The Balaban J connectivity index is 2.12. The number of rotatable bonds is 3. The lowest BCUT2D eigenvalue weighted by Crippen LogP contribution is -1.97. The Morgan fingerprint density at radius 3 is 2.64 bits per heavy atom. The second kappa shape index (κ2) is 5.77. The van der Waals surface area contributed by atoms with E-state index in [1.165, 1.54) is 12.1 Å². The highest BCUT2D eigenvalue weighted by Gasteiger charge is 2.04. The van der Waals surface area contributed by atoms with E-state index in [2.05, 4.69) is 5.32 Å². The van der Waals surface area contributed by atoms with Crippen LogP contribution in [-0.2, 0) is 0 Å². The van der Waals surface area contributed by atoms with E-state index >= 15 is 0 Å². The van der Waals surface area contributed by atoms with Crippen LogP contribution in [0.3, 0.4) is 0 Å². The van der Waals surface area contributed by atoms with Crippen LogP contribution < -0.4 is 10.9 Å². The highest BCUT2D eigenvalue weighted by molar-refractivity contribution is 5.91. The molecule has 4 nitrogen and oxygen atoms in total. The molecule has 2 N–H and O–H groups in total.